The molecule has 0 bridgehead atoms. The first-order chi connectivity index (χ1) is 47.6. The van der Waals surface area contributed by atoms with Gasteiger partial charge in [-0.1, -0.05) is 68.4 Å². The first kappa shape index (κ1) is 82.9. The van der Waals surface area contributed by atoms with Gasteiger partial charge in [0.1, 0.15) is 51.3 Å². The third-order valence-electron chi connectivity index (χ3n) is 13.7. The average molecular weight is 1610 g/mol. The monoisotopic (exact) mass is 1610 g/mol. The molecule has 0 aliphatic carbocycles. The van der Waals surface area contributed by atoms with E-state index in [1.807, 2.05) is 0 Å². The minimum absolute atomic E-state index is 0.211. The van der Waals surface area contributed by atoms with Crippen LogP contribution in [0.2, 0.25) is 0 Å². The van der Waals surface area contributed by atoms with Gasteiger partial charge >= 0.3 is 6.18 Å². The average Bonchev–Trinajstić information content (AvgIpc) is 0.752. The molecule has 0 aromatic heterocycles. The highest BCUT2D eigenvalue weighted by Crippen LogP contribution is 2.42. The van der Waals surface area contributed by atoms with Gasteiger partial charge in [-0.2, -0.15) is 13.2 Å². The molecule has 103 heavy (non-hydrogen) atoms. The SMILES string of the molecule is CCS(=O)(=O)c1c(F)c(F)c(S(=O)(=O)CC)c(F)c1F.COc1ccc(S(=O)(=O)c2c(F)c(F)c(S(=O)(=O)c3ccc(OC)cc3)c(F)c2F)cc1.O=S(=O)(c1ccccc1)c1c(F)c(F)c(C(F)(F)F)c(F)c1F.O=S(=O)(c1ccccc1)c1c(F)c(F)c(S(=O)(=O)c2ccccc2)c(F)c1F. The van der Waals surface area contributed by atoms with Crippen molar-refractivity contribution in [1.82, 2.24) is 0 Å². The maximum absolute atomic E-state index is 14.7. The summed E-state index contributed by atoms with van der Waals surface area (Å²) in [5.41, 5.74) is -2.83. The van der Waals surface area contributed by atoms with E-state index < -0.39 is 244 Å². The van der Waals surface area contributed by atoms with E-state index in [-0.39, 0.29) is 11.5 Å². The lowest BCUT2D eigenvalue weighted by atomic mass is 10.1. The van der Waals surface area contributed by atoms with Crippen molar-refractivity contribution in [2.75, 3.05) is 25.7 Å². The van der Waals surface area contributed by atoms with Gasteiger partial charge in [-0.25, -0.2) is 129 Å². The van der Waals surface area contributed by atoms with E-state index in [1.54, 1.807) is 0 Å². The predicted octanol–water partition coefficient (Wildman–Crippen LogP) is 13.8. The van der Waals surface area contributed by atoms with Crippen LogP contribution < -0.4 is 9.47 Å². The molecule has 554 valence electrons. The first-order valence-electron chi connectivity index (χ1n) is 27.2. The summed E-state index contributed by atoms with van der Waals surface area (Å²) in [4.78, 5) is -16.8. The van der Waals surface area contributed by atoms with Gasteiger partial charge in [0, 0.05) is 0 Å². The fraction of sp³-hybridized carbons (Fsp3) is 0.115. The maximum Gasteiger partial charge on any atom is 0.422 e. The molecule has 0 heterocycles. The summed E-state index contributed by atoms with van der Waals surface area (Å²) in [6.45, 7) is 2.03. The zero-order valence-electron chi connectivity index (χ0n) is 51.3. The summed E-state index contributed by atoms with van der Waals surface area (Å²) >= 11 is 0. The van der Waals surface area contributed by atoms with Crippen LogP contribution >= 0.6 is 0 Å². The topological polar surface area (TPSA) is 257 Å². The molecule has 0 saturated heterocycles. The number of alkyl halides is 3. The molecule has 9 aromatic carbocycles. The second kappa shape index (κ2) is 31.1. The number of benzene rings is 9. The molecule has 9 aromatic rings. The largest absolute Gasteiger partial charge is 0.497 e. The van der Waals surface area contributed by atoms with E-state index in [0.29, 0.717) is 0 Å². The van der Waals surface area contributed by atoms with Crippen LogP contribution in [0.15, 0.2) is 198 Å². The van der Waals surface area contributed by atoms with Crippen LogP contribution in [0.25, 0.3) is 0 Å². The lowest BCUT2D eigenvalue weighted by molar-refractivity contribution is -0.143. The van der Waals surface area contributed by atoms with Crippen molar-refractivity contribution < 1.29 is 152 Å². The summed E-state index contributed by atoms with van der Waals surface area (Å²) in [5.74, 6) is -39.8. The van der Waals surface area contributed by atoms with Crippen molar-refractivity contribution in [3.8, 4) is 11.5 Å². The van der Waals surface area contributed by atoms with Crippen LogP contribution in [0.1, 0.15) is 19.4 Å². The normalized spacial score (nSPS) is 12.3. The third-order valence-corrected chi connectivity index (χ3v) is 26.1. The van der Waals surface area contributed by atoms with E-state index in [9.17, 15) is 142 Å². The fourth-order valence-corrected chi connectivity index (χ4v) is 17.5. The van der Waals surface area contributed by atoms with Gasteiger partial charge in [-0.05, 0) is 84.9 Å². The number of hydrogen-bond donors (Lipinski definition) is 0. The van der Waals surface area contributed by atoms with Crippen LogP contribution in [0.5, 0.6) is 11.5 Å². The smallest absolute Gasteiger partial charge is 0.422 e. The molecule has 0 aliphatic rings. The molecule has 0 amide bonds. The Morgan fingerprint density at radius 1 is 0.252 bits per heavy atom. The molecule has 0 saturated carbocycles. The van der Waals surface area contributed by atoms with Crippen molar-refractivity contribution in [2.24, 2.45) is 0 Å². The summed E-state index contributed by atoms with van der Waals surface area (Å²) in [7, 11) is -31.9. The van der Waals surface area contributed by atoms with Crippen LogP contribution in [-0.2, 0) is 75.0 Å². The Balaban J connectivity index is 0.000000219. The van der Waals surface area contributed by atoms with Gasteiger partial charge in [0.05, 0.1) is 50.2 Å². The summed E-state index contributed by atoms with van der Waals surface area (Å²) in [6, 6.07) is 25.3. The van der Waals surface area contributed by atoms with Crippen molar-refractivity contribution in [1.29, 1.82) is 0 Å². The van der Waals surface area contributed by atoms with Crippen LogP contribution in [-0.4, -0.2) is 84.6 Å². The van der Waals surface area contributed by atoms with E-state index >= 15 is 0 Å². The lowest BCUT2D eigenvalue weighted by Crippen LogP contribution is -2.19. The molecule has 42 heteroatoms. The van der Waals surface area contributed by atoms with Gasteiger partial charge < -0.3 is 9.47 Å². The molecule has 9 rings (SSSR count). The molecule has 0 aliphatic heterocycles. The van der Waals surface area contributed by atoms with Crippen molar-refractivity contribution in [3.05, 3.63) is 238 Å². The summed E-state index contributed by atoms with van der Waals surface area (Å²) in [6.07, 6.45) is -5.75. The van der Waals surface area contributed by atoms with Gasteiger partial charge in [-0.3, -0.25) is 0 Å². The molecule has 0 fully saturated rings. The fourth-order valence-electron chi connectivity index (χ4n) is 8.55. The lowest BCUT2D eigenvalue weighted by Gasteiger charge is -2.14. The van der Waals surface area contributed by atoms with Crippen LogP contribution in [0, 0.1) is 93.1 Å². The third kappa shape index (κ3) is 16.0. The zero-order chi connectivity index (χ0) is 78.0. The quantitative estimate of drug-likeness (QED) is 0.0643. The molecular formula is C61H39F19O16S7. The Kier molecular flexibility index (Phi) is 25.0. The van der Waals surface area contributed by atoms with Gasteiger partial charge in [0.15, 0.2) is 113 Å². The first-order valence-corrected chi connectivity index (χ1v) is 37.9. The number of methoxy groups -OCH3 is 2. The Morgan fingerprint density at radius 3 is 0.583 bits per heavy atom. The molecule has 0 atom stereocenters. The highest BCUT2D eigenvalue weighted by atomic mass is 32.2. The highest BCUT2D eigenvalue weighted by molar-refractivity contribution is 7.93. The summed E-state index contributed by atoms with van der Waals surface area (Å²) < 4.78 is 443. The Hall–Kier alpha value is -9.10. The van der Waals surface area contributed by atoms with E-state index in [0.717, 1.165) is 111 Å². The zero-order valence-corrected chi connectivity index (χ0v) is 57.0. The number of hydrogen-bond acceptors (Lipinski definition) is 16. The van der Waals surface area contributed by atoms with Gasteiger partial charge in [0.25, 0.3) is 0 Å². The second-order valence-electron chi connectivity index (χ2n) is 19.8. The Labute approximate surface area is 571 Å². The molecule has 16 nitrogen and oxygen atoms in total. The molecular weight excluding hydrogens is 1570 g/mol. The summed E-state index contributed by atoms with van der Waals surface area (Å²) in [5, 5.41) is 0. The molecule has 0 unspecified atom stereocenters. The van der Waals surface area contributed by atoms with Gasteiger partial charge in [0.2, 0.25) is 49.2 Å². The van der Waals surface area contributed by atoms with E-state index in [1.165, 1.54) is 56.7 Å². The number of sulfone groups is 7. The Morgan fingerprint density at radius 2 is 0.417 bits per heavy atom. The minimum atomic E-state index is -5.75. The number of rotatable bonds is 16. The van der Waals surface area contributed by atoms with Crippen molar-refractivity contribution in [3.63, 3.8) is 0 Å². The number of ether oxygens (including phenoxy) is 2. The van der Waals surface area contributed by atoms with Crippen LogP contribution in [0.4, 0.5) is 83.4 Å². The minimum Gasteiger partial charge on any atom is -0.497 e. The van der Waals surface area contributed by atoms with Crippen LogP contribution in [0.3, 0.4) is 0 Å². The van der Waals surface area contributed by atoms with Gasteiger partial charge in [-0.15, -0.1) is 0 Å². The Bertz CT molecular complexity index is 5250. The van der Waals surface area contributed by atoms with Crippen molar-refractivity contribution >= 4 is 68.9 Å². The molecule has 0 spiro atoms. The maximum atomic E-state index is 14.7. The van der Waals surface area contributed by atoms with Crippen molar-refractivity contribution in [2.45, 2.75) is 78.8 Å². The van der Waals surface area contributed by atoms with E-state index in [4.69, 9.17) is 9.47 Å². The number of halogens is 19. The second-order valence-corrected chi connectivity index (χ2v) is 33.7. The molecule has 0 N–H and O–H groups in total. The van der Waals surface area contributed by atoms with E-state index in [2.05, 4.69) is 0 Å². The predicted molar refractivity (Wildman–Crippen MR) is 318 cm³/mol. The highest BCUT2D eigenvalue weighted by Gasteiger charge is 2.46. The standard InChI is InChI=1S/C20H14F4O6S2.C18H10F4O4S2.C13H5F7O2S.C10H10F4O4S2/c1-29-11-3-7-13(8-4-11)31(25,26)19-15(21)17(23)20(18(24)16(19)22)32(27,28)14-9-5-12(30-2)6-10-14;19-13-15(21)18(28(25,26)12-9-5-2-6-10-12)16(22)14(20)17(13)27(23,24)11-7-3-1-4-8-11;14-8-7(13(18,19)20)9(15)11(17)12(10(8)16)23(21,22)6-4-2-1-3-5-6;1-3-19(15,16)9-5(11)7(13)10(8(14)6(9)12)20(17,18)4-2/h3-10H,1-2H3;1-10H;1-5H;3-4H2,1-2H3. The molecule has 0 radical (unpaired) electrons.